The summed E-state index contributed by atoms with van der Waals surface area (Å²) in [5.41, 5.74) is -0.0638. The van der Waals surface area contributed by atoms with Crippen molar-refractivity contribution in [2.24, 2.45) is 0 Å². The summed E-state index contributed by atoms with van der Waals surface area (Å²) >= 11 is 0. The minimum Gasteiger partial charge on any atom is -0.491 e. The smallest absolute Gasteiger partial charge is 0.256 e. The fraction of sp³-hybridized carbons (Fsp3) is 0.579. The highest BCUT2D eigenvalue weighted by molar-refractivity contribution is 5.98. The average Bonchev–Trinajstić information content (AvgIpc) is 2.60. The van der Waals surface area contributed by atoms with Crippen molar-refractivity contribution >= 4 is 11.6 Å². The number of carbonyl (C=O) groups is 1. The lowest BCUT2D eigenvalue weighted by molar-refractivity contribution is -0.139. The Morgan fingerprint density at radius 2 is 2.08 bits per heavy atom. The molecule has 1 N–H and O–H groups in total. The standard InChI is InChI=1S/C19H28N2O3/c1-6-11-23-19(5,8-3)18(22)21-17-10-9-16(12-15(17)13-20)24-14(4)7-2/h9-10,12,14H,6-8,11H2,1-5H3,(H,21,22)/t14-,19-/m1/s1. The van der Waals surface area contributed by atoms with Crippen LogP contribution in [-0.4, -0.2) is 24.2 Å². The molecule has 24 heavy (non-hydrogen) atoms. The molecule has 1 amide bonds. The molecule has 0 saturated carbocycles. The zero-order valence-corrected chi connectivity index (χ0v) is 15.3. The number of hydrogen-bond donors (Lipinski definition) is 1. The van der Waals surface area contributed by atoms with Gasteiger partial charge in [0.1, 0.15) is 17.4 Å². The van der Waals surface area contributed by atoms with Gasteiger partial charge in [0.25, 0.3) is 5.91 Å². The zero-order chi connectivity index (χ0) is 18.2. The molecule has 0 aromatic heterocycles. The van der Waals surface area contributed by atoms with E-state index in [1.54, 1.807) is 25.1 Å². The molecule has 0 fully saturated rings. The van der Waals surface area contributed by atoms with Gasteiger partial charge >= 0.3 is 0 Å². The Hall–Kier alpha value is -2.06. The third-order valence-electron chi connectivity index (χ3n) is 4.05. The lowest BCUT2D eigenvalue weighted by Gasteiger charge is -2.27. The van der Waals surface area contributed by atoms with E-state index in [4.69, 9.17) is 9.47 Å². The number of rotatable bonds is 9. The number of ether oxygens (including phenoxy) is 2. The summed E-state index contributed by atoms with van der Waals surface area (Å²) in [6, 6.07) is 7.22. The van der Waals surface area contributed by atoms with Crippen LogP contribution in [0.2, 0.25) is 0 Å². The number of benzene rings is 1. The van der Waals surface area contributed by atoms with Crippen LogP contribution in [0.5, 0.6) is 5.75 Å². The van der Waals surface area contributed by atoms with Crippen molar-refractivity contribution in [2.45, 2.75) is 65.6 Å². The van der Waals surface area contributed by atoms with Gasteiger partial charge in [-0.05, 0) is 45.2 Å². The van der Waals surface area contributed by atoms with E-state index < -0.39 is 5.60 Å². The molecule has 1 aromatic rings. The first-order chi connectivity index (χ1) is 11.4. The van der Waals surface area contributed by atoms with Gasteiger partial charge in [0, 0.05) is 12.7 Å². The van der Waals surface area contributed by atoms with Crippen molar-refractivity contribution in [2.75, 3.05) is 11.9 Å². The molecule has 1 rings (SSSR count). The maximum absolute atomic E-state index is 12.6. The Kier molecular flexibility index (Phi) is 7.73. The van der Waals surface area contributed by atoms with Gasteiger partial charge in [0.15, 0.2) is 0 Å². The van der Waals surface area contributed by atoms with E-state index in [2.05, 4.69) is 11.4 Å². The Morgan fingerprint density at radius 1 is 1.38 bits per heavy atom. The van der Waals surface area contributed by atoms with Gasteiger partial charge in [-0.15, -0.1) is 0 Å². The van der Waals surface area contributed by atoms with Gasteiger partial charge < -0.3 is 14.8 Å². The summed E-state index contributed by atoms with van der Waals surface area (Å²) < 4.78 is 11.4. The number of nitrogens with zero attached hydrogens (tertiary/aromatic N) is 1. The Bertz CT molecular complexity index is 595. The minimum absolute atomic E-state index is 0.0720. The van der Waals surface area contributed by atoms with E-state index >= 15 is 0 Å². The fourth-order valence-corrected chi connectivity index (χ4v) is 2.02. The molecule has 0 saturated heterocycles. The highest BCUT2D eigenvalue weighted by Crippen LogP contribution is 2.25. The van der Waals surface area contributed by atoms with Crippen molar-refractivity contribution in [1.29, 1.82) is 5.26 Å². The number of carbonyl (C=O) groups excluding carboxylic acids is 1. The molecule has 0 heterocycles. The van der Waals surface area contributed by atoms with E-state index in [0.717, 1.165) is 12.8 Å². The molecular weight excluding hydrogens is 304 g/mol. The maximum Gasteiger partial charge on any atom is 0.256 e. The Balaban J connectivity index is 2.94. The molecule has 5 nitrogen and oxygen atoms in total. The van der Waals surface area contributed by atoms with Crippen LogP contribution in [0.3, 0.4) is 0 Å². The van der Waals surface area contributed by atoms with E-state index in [9.17, 15) is 10.1 Å². The molecule has 132 valence electrons. The van der Waals surface area contributed by atoms with Crippen LogP contribution in [0.25, 0.3) is 0 Å². The molecule has 0 aliphatic heterocycles. The highest BCUT2D eigenvalue weighted by Gasteiger charge is 2.32. The van der Waals surface area contributed by atoms with Crippen molar-refractivity contribution in [3.8, 4) is 11.8 Å². The number of nitrogens with one attached hydrogen (secondary N) is 1. The monoisotopic (exact) mass is 332 g/mol. The van der Waals surface area contributed by atoms with Gasteiger partial charge in [-0.1, -0.05) is 20.8 Å². The highest BCUT2D eigenvalue weighted by atomic mass is 16.5. The molecular formula is C19H28N2O3. The number of anilines is 1. The first-order valence-electron chi connectivity index (χ1n) is 8.56. The second-order valence-electron chi connectivity index (χ2n) is 6.04. The van der Waals surface area contributed by atoms with Crippen LogP contribution in [0.15, 0.2) is 18.2 Å². The van der Waals surface area contributed by atoms with Gasteiger partial charge in [-0.2, -0.15) is 5.26 Å². The molecule has 0 spiro atoms. The predicted octanol–water partition coefficient (Wildman–Crippen LogP) is 4.27. The molecule has 0 unspecified atom stereocenters. The third-order valence-corrected chi connectivity index (χ3v) is 4.05. The second kappa shape index (κ2) is 9.29. The zero-order valence-electron chi connectivity index (χ0n) is 15.3. The molecule has 1 aromatic carbocycles. The second-order valence-corrected chi connectivity index (χ2v) is 6.04. The number of nitriles is 1. The minimum atomic E-state index is -0.908. The predicted molar refractivity (Wildman–Crippen MR) is 95.1 cm³/mol. The summed E-state index contributed by atoms with van der Waals surface area (Å²) in [4.78, 5) is 12.6. The van der Waals surface area contributed by atoms with Crippen molar-refractivity contribution in [3.05, 3.63) is 23.8 Å². The van der Waals surface area contributed by atoms with E-state index in [1.165, 1.54) is 0 Å². The van der Waals surface area contributed by atoms with Crippen molar-refractivity contribution in [3.63, 3.8) is 0 Å². The summed E-state index contributed by atoms with van der Waals surface area (Å²) in [5, 5.41) is 12.2. The van der Waals surface area contributed by atoms with Crippen molar-refractivity contribution < 1.29 is 14.3 Å². The van der Waals surface area contributed by atoms with Crippen LogP contribution in [0, 0.1) is 11.3 Å². The van der Waals surface area contributed by atoms with Crippen LogP contribution in [0.4, 0.5) is 5.69 Å². The summed E-state index contributed by atoms with van der Waals surface area (Å²) in [7, 11) is 0. The van der Waals surface area contributed by atoms with Gasteiger partial charge in [-0.3, -0.25) is 4.79 Å². The summed E-state index contributed by atoms with van der Waals surface area (Å²) in [6.45, 7) is 10.2. The molecule has 0 bridgehead atoms. The van der Waals surface area contributed by atoms with E-state index in [1.807, 2.05) is 27.7 Å². The SMILES string of the molecule is CCCO[C@](C)(CC)C(=O)Nc1ccc(O[C@H](C)CC)cc1C#N. The number of amides is 1. The van der Waals surface area contributed by atoms with Crippen molar-refractivity contribution in [1.82, 2.24) is 0 Å². The lowest BCUT2D eigenvalue weighted by atomic mass is 10.0. The van der Waals surface area contributed by atoms with E-state index in [-0.39, 0.29) is 12.0 Å². The van der Waals surface area contributed by atoms with E-state index in [0.29, 0.717) is 30.0 Å². The molecule has 2 atom stereocenters. The normalized spacial score (nSPS) is 14.3. The average molecular weight is 332 g/mol. The van der Waals surface area contributed by atoms with Gasteiger partial charge in [0.05, 0.1) is 17.4 Å². The Morgan fingerprint density at radius 3 is 2.62 bits per heavy atom. The lowest BCUT2D eigenvalue weighted by Crippen LogP contribution is -2.42. The van der Waals surface area contributed by atoms with Gasteiger partial charge in [0.2, 0.25) is 0 Å². The van der Waals surface area contributed by atoms with Crippen LogP contribution in [0.1, 0.15) is 59.4 Å². The van der Waals surface area contributed by atoms with Crippen LogP contribution < -0.4 is 10.1 Å². The topological polar surface area (TPSA) is 71.3 Å². The van der Waals surface area contributed by atoms with Gasteiger partial charge in [-0.25, -0.2) is 0 Å². The first-order valence-corrected chi connectivity index (χ1v) is 8.56. The Labute approximate surface area is 145 Å². The summed E-state index contributed by atoms with van der Waals surface area (Å²) in [5.74, 6) is 0.380. The summed E-state index contributed by atoms with van der Waals surface area (Å²) in [6.07, 6.45) is 2.34. The number of hydrogen-bond acceptors (Lipinski definition) is 4. The molecule has 0 aliphatic carbocycles. The maximum atomic E-state index is 12.6. The van der Waals surface area contributed by atoms with Crippen LogP contribution >= 0.6 is 0 Å². The first kappa shape index (κ1) is 20.0. The molecule has 5 heteroatoms. The molecule has 0 radical (unpaired) electrons. The third kappa shape index (κ3) is 5.24. The quantitative estimate of drug-likeness (QED) is 0.733. The molecule has 0 aliphatic rings. The largest absolute Gasteiger partial charge is 0.491 e. The fourth-order valence-electron chi connectivity index (χ4n) is 2.02. The van der Waals surface area contributed by atoms with Crippen LogP contribution in [-0.2, 0) is 9.53 Å².